The summed E-state index contributed by atoms with van der Waals surface area (Å²) in [5, 5.41) is 4.23. The average Bonchev–Trinajstić information content (AvgIpc) is 2.68. The average molecular weight is 202 g/mol. The number of hydrogen-bond acceptors (Lipinski definition) is 2. The third-order valence-corrected chi connectivity index (χ3v) is 2.17. The molecule has 0 radical (unpaired) electrons. The van der Waals surface area contributed by atoms with E-state index in [0.717, 1.165) is 11.4 Å². The molecule has 0 spiro atoms. The van der Waals surface area contributed by atoms with Gasteiger partial charge in [0.2, 0.25) is 0 Å². The second kappa shape index (κ2) is 4.17. The normalized spacial score (nSPS) is 10.3. The van der Waals surface area contributed by atoms with Crippen molar-refractivity contribution in [2.45, 2.75) is 13.8 Å². The molecule has 3 heteroatoms. The van der Waals surface area contributed by atoms with Gasteiger partial charge in [-0.1, -0.05) is 17.7 Å². The number of hydrogen-bond donors (Lipinski definition) is 0. The monoisotopic (exact) mass is 202 g/mol. The Morgan fingerprint density at radius 1 is 1.27 bits per heavy atom. The molecular weight excluding hydrogens is 188 g/mol. The first kappa shape index (κ1) is 9.77. The van der Waals surface area contributed by atoms with Crippen molar-refractivity contribution in [1.82, 2.24) is 9.78 Å². The fourth-order valence-electron chi connectivity index (χ4n) is 1.39. The number of nitrogens with zero attached hydrogens (tertiary/aromatic N) is 2. The smallest absolute Gasteiger partial charge is 0.157 e. The van der Waals surface area contributed by atoms with Crippen molar-refractivity contribution in [3.8, 4) is 11.4 Å². The molecule has 1 aromatic heterocycles. The van der Waals surface area contributed by atoms with Crippen LogP contribution in [0.15, 0.2) is 36.7 Å². The van der Waals surface area contributed by atoms with E-state index in [1.807, 2.05) is 29.9 Å². The molecule has 0 saturated heterocycles. The summed E-state index contributed by atoms with van der Waals surface area (Å²) in [6, 6.07) is 8.21. The minimum Gasteiger partial charge on any atom is -0.491 e. The highest BCUT2D eigenvalue weighted by molar-refractivity contribution is 5.34. The predicted octanol–water partition coefficient (Wildman–Crippen LogP) is 2.58. The first-order chi connectivity index (χ1) is 7.29. The lowest BCUT2D eigenvalue weighted by atomic mass is 10.2. The van der Waals surface area contributed by atoms with Gasteiger partial charge >= 0.3 is 0 Å². The van der Waals surface area contributed by atoms with E-state index in [0.29, 0.717) is 6.61 Å². The van der Waals surface area contributed by atoms with Gasteiger partial charge < -0.3 is 4.74 Å². The number of aryl methyl sites for hydroxylation is 1. The van der Waals surface area contributed by atoms with Crippen LogP contribution in [0.3, 0.4) is 0 Å². The highest BCUT2D eigenvalue weighted by atomic mass is 16.5. The minimum absolute atomic E-state index is 0.666. The van der Waals surface area contributed by atoms with Crippen molar-refractivity contribution in [3.05, 3.63) is 42.2 Å². The van der Waals surface area contributed by atoms with Crippen LogP contribution in [-0.4, -0.2) is 16.4 Å². The first-order valence-electron chi connectivity index (χ1n) is 5.04. The molecule has 0 atom stereocenters. The zero-order chi connectivity index (χ0) is 10.7. The Morgan fingerprint density at radius 2 is 2.00 bits per heavy atom. The van der Waals surface area contributed by atoms with Crippen molar-refractivity contribution >= 4 is 0 Å². The molecule has 78 valence electrons. The Balaban J connectivity index is 2.25. The molecule has 2 rings (SSSR count). The first-order valence-corrected chi connectivity index (χ1v) is 5.04. The molecule has 3 nitrogen and oxygen atoms in total. The number of aromatic nitrogens is 2. The Labute approximate surface area is 89.3 Å². The maximum atomic E-state index is 5.35. The Bertz CT molecular complexity index is 431. The Kier molecular flexibility index (Phi) is 2.72. The van der Waals surface area contributed by atoms with Gasteiger partial charge in [-0.15, -0.1) is 0 Å². The van der Waals surface area contributed by atoms with Gasteiger partial charge in [-0.3, -0.25) is 0 Å². The zero-order valence-electron chi connectivity index (χ0n) is 8.97. The van der Waals surface area contributed by atoms with Crippen molar-refractivity contribution < 1.29 is 4.74 Å². The molecule has 0 bridgehead atoms. The molecule has 0 aliphatic heterocycles. The largest absolute Gasteiger partial charge is 0.491 e. The van der Waals surface area contributed by atoms with Crippen LogP contribution in [0.25, 0.3) is 5.69 Å². The van der Waals surface area contributed by atoms with Crippen molar-refractivity contribution in [3.63, 3.8) is 0 Å². The van der Waals surface area contributed by atoms with E-state index in [1.54, 1.807) is 6.20 Å². The SMILES string of the molecule is CCOc1cnn(-c2ccc(C)cc2)c1. The van der Waals surface area contributed by atoms with Crippen molar-refractivity contribution in [2.75, 3.05) is 6.61 Å². The van der Waals surface area contributed by atoms with E-state index < -0.39 is 0 Å². The lowest BCUT2D eigenvalue weighted by molar-refractivity contribution is 0.340. The molecule has 1 heterocycles. The van der Waals surface area contributed by atoms with Crippen LogP contribution in [0, 0.1) is 6.92 Å². The maximum Gasteiger partial charge on any atom is 0.157 e. The van der Waals surface area contributed by atoms with Crippen LogP contribution in [0.1, 0.15) is 12.5 Å². The Hall–Kier alpha value is -1.77. The van der Waals surface area contributed by atoms with Gasteiger partial charge in [0.25, 0.3) is 0 Å². The van der Waals surface area contributed by atoms with Gasteiger partial charge in [-0.05, 0) is 26.0 Å². The molecule has 0 N–H and O–H groups in total. The molecule has 0 amide bonds. The molecule has 1 aromatic carbocycles. The predicted molar refractivity (Wildman–Crippen MR) is 59.5 cm³/mol. The second-order valence-corrected chi connectivity index (χ2v) is 3.39. The highest BCUT2D eigenvalue weighted by Crippen LogP contribution is 2.13. The van der Waals surface area contributed by atoms with E-state index in [1.165, 1.54) is 5.56 Å². The topological polar surface area (TPSA) is 27.1 Å². The molecule has 2 aromatic rings. The molecular formula is C12H14N2O. The lowest BCUT2D eigenvalue weighted by Gasteiger charge is -2.01. The molecule has 0 fully saturated rings. The van der Waals surface area contributed by atoms with E-state index in [-0.39, 0.29) is 0 Å². The van der Waals surface area contributed by atoms with E-state index >= 15 is 0 Å². The summed E-state index contributed by atoms with van der Waals surface area (Å²) in [4.78, 5) is 0. The summed E-state index contributed by atoms with van der Waals surface area (Å²) < 4.78 is 7.16. The van der Waals surface area contributed by atoms with Gasteiger partial charge in [0, 0.05) is 0 Å². The summed E-state index contributed by atoms with van der Waals surface area (Å²) in [5.74, 6) is 0.804. The van der Waals surface area contributed by atoms with Crippen LogP contribution in [0.2, 0.25) is 0 Å². The number of ether oxygens (including phenoxy) is 1. The van der Waals surface area contributed by atoms with Crippen molar-refractivity contribution in [2.24, 2.45) is 0 Å². The highest BCUT2D eigenvalue weighted by Gasteiger charge is 2.00. The summed E-state index contributed by atoms with van der Waals surface area (Å²) >= 11 is 0. The van der Waals surface area contributed by atoms with Crippen LogP contribution >= 0.6 is 0 Å². The van der Waals surface area contributed by atoms with Gasteiger partial charge in [0.1, 0.15) is 0 Å². The van der Waals surface area contributed by atoms with Gasteiger partial charge in [-0.25, -0.2) is 4.68 Å². The third kappa shape index (κ3) is 2.18. The van der Waals surface area contributed by atoms with E-state index in [2.05, 4.69) is 24.2 Å². The number of benzene rings is 1. The lowest BCUT2D eigenvalue weighted by Crippen LogP contribution is -1.93. The molecule has 0 aliphatic carbocycles. The van der Waals surface area contributed by atoms with Gasteiger partial charge in [-0.2, -0.15) is 5.10 Å². The molecule has 0 unspecified atom stereocenters. The summed E-state index contributed by atoms with van der Waals surface area (Å²) in [6.07, 6.45) is 3.61. The van der Waals surface area contributed by atoms with E-state index in [4.69, 9.17) is 4.74 Å². The summed E-state index contributed by atoms with van der Waals surface area (Å²) in [7, 11) is 0. The van der Waals surface area contributed by atoms with Gasteiger partial charge in [0.15, 0.2) is 5.75 Å². The molecule has 0 saturated carbocycles. The standard InChI is InChI=1S/C12H14N2O/c1-3-15-12-8-13-14(9-12)11-6-4-10(2)5-7-11/h4-9H,3H2,1-2H3. The van der Waals surface area contributed by atoms with Gasteiger partial charge in [0.05, 0.1) is 24.7 Å². The Morgan fingerprint density at radius 3 is 2.67 bits per heavy atom. The molecule has 0 aliphatic rings. The summed E-state index contributed by atoms with van der Waals surface area (Å²) in [6.45, 7) is 4.70. The maximum absolute atomic E-state index is 5.35. The van der Waals surface area contributed by atoms with Crippen LogP contribution in [0.4, 0.5) is 0 Å². The summed E-state index contributed by atoms with van der Waals surface area (Å²) in [5.41, 5.74) is 2.29. The van der Waals surface area contributed by atoms with Crippen molar-refractivity contribution in [1.29, 1.82) is 0 Å². The minimum atomic E-state index is 0.666. The van der Waals surface area contributed by atoms with Crippen LogP contribution in [0.5, 0.6) is 5.75 Å². The fraction of sp³-hybridized carbons (Fsp3) is 0.250. The van der Waals surface area contributed by atoms with Crippen LogP contribution in [-0.2, 0) is 0 Å². The number of rotatable bonds is 3. The zero-order valence-corrected chi connectivity index (χ0v) is 8.97. The van der Waals surface area contributed by atoms with Crippen LogP contribution < -0.4 is 4.74 Å². The quantitative estimate of drug-likeness (QED) is 0.764. The second-order valence-electron chi connectivity index (χ2n) is 3.39. The van der Waals surface area contributed by atoms with E-state index in [9.17, 15) is 0 Å². The third-order valence-electron chi connectivity index (χ3n) is 2.17. The fourth-order valence-corrected chi connectivity index (χ4v) is 1.39. The molecule has 15 heavy (non-hydrogen) atoms.